The second-order valence-electron chi connectivity index (χ2n) is 3.71. The maximum atomic E-state index is 13.5. The number of hydrogen-bond acceptors (Lipinski definition) is 2. The first-order chi connectivity index (χ1) is 8.22. The molecule has 0 atom stereocenters. The van der Waals surface area contributed by atoms with Gasteiger partial charge in [-0.2, -0.15) is 0 Å². The molecule has 0 saturated carbocycles. The van der Waals surface area contributed by atoms with Crippen molar-refractivity contribution in [2.45, 2.75) is 0 Å². The number of amides is 1. The van der Waals surface area contributed by atoms with Crippen molar-refractivity contribution in [3.63, 3.8) is 0 Å². The van der Waals surface area contributed by atoms with E-state index in [4.69, 9.17) is 11.6 Å². The van der Waals surface area contributed by atoms with Gasteiger partial charge in [0, 0.05) is 0 Å². The third kappa shape index (κ3) is 3.22. The number of Topliss-reactive ketones (excluding diaryl/α,β-unsaturated/α-hetero) is 1. The average molecular weight is 319 g/mol. The second-order valence-corrected chi connectivity index (χ2v) is 4.12. The van der Waals surface area contributed by atoms with Crippen LogP contribution in [-0.4, -0.2) is 25.1 Å². The molecule has 0 aliphatic carbocycles. The number of hydrogen-bond donors (Lipinski definition) is 0. The Morgan fingerprint density at radius 1 is 1.21 bits per heavy atom. The van der Waals surface area contributed by atoms with Gasteiger partial charge in [-0.3, -0.25) is 9.59 Å². The molecule has 2 rings (SSSR count). The predicted molar refractivity (Wildman–Crippen MR) is 57.2 cm³/mol. The van der Waals surface area contributed by atoms with Crippen LogP contribution < -0.4 is 56.3 Å². The monoisotopic (exact) mass is 319 g/mol. The van der Waals surface area contributed by atoms with Gasteiger partial charge < -0.3 is 17.8 Å². The van der Waals surface area contributed by atoms with Gasteiger partial charge in [0.1, 0.15) is 5.82 Å². The Kier molecular flexibility index (Phi) is 5.25. The Bertz CT molecular complexity index is 566. The fourth-order valence-corrected chi connectivity index (χ4v) is 1.97. The number of carbonyl (C=O) groups is 2. The Balaban J connectivity index is 0.00000180. The molecule has 1 aromatic rings. The Labute approximate surface area is 152 Å². The summed E-state index contributed by atoms with van der Waals surface area (Å²) in [5.74, 6) is -3.74. The van der Waals surface area contributed by atoms with Gasteiger partial charge in [-0.1, -0.05) is 11.6 Å². The van der Waals surface area contributed by atoms with Crippen LogP contribution in [0.15, 0.2) is 12.1 Å². The zero-order valence-corrected chi connectivity index (χ0v) is 13.5. The number of halogens is 5. The Morgan fingerprint density at radius 2 is 1.79 bits per heavy atom. The molecule has 0 aromatic heterocycles. The maximum Gasteiger partial charge on any atom is 1.00 e. The van der Waals surface area contributed by atoms with Crippen molar-refractivity contribution < 1.29 is 78.3 Å². The molecular formula is C9H4BClF4KNO2. The number of anilines is 1. The van der Waals surface area contributed by atoms with E-state index in [0.29, 0.717) is 0 Å². The van der Waals surface area contributed by atoms with Crippen LogP contribution in [0.3, 0.4) is 0 Å². The van der Waals surface area contributed by atoms with Crippen LogP contribution in [-0.2, 0) is 4.79 Å². The number of fused-ring (bicyclic) bond motifs is 1. The third-order valence-corrected chi connectivity index (χ3v) is 2.72. The Morgan fingerprint density at radius 3 is 2.32 bits per heavy atom. The average Bonchev–Trinajstić information content (AvgIpc) is 2.48. The summed E-state index contributed by atoms with van der Waals surface area (Å²) in [6.45, 7) is -5.38. The molecule has 19 heavy (non-hydrogen) atoms. The summed E-state index contributed by atoms with van der Waals surface area (Å²) < 4.78 is 50.5. The van der Waals surface area contributed by atoms with Crippen LogP contribution in [0.2, 0.25) is 5.02 Å². The van der Waals surface area contributed by atoms with Gasteiger partial charge in [-0.25, -0.2) is 4.39 Å². The zero-order valence-electron chi connectivity index (χ0n) is 9.59. The summed E-state index contributed by atoms with van der Waals surface area (Å²) in [7, 11) is 0. The van der Waals surface area contributed by atoms with E-state index in [1.54, 1.807) is 0 Å². The van der Waals surface area contributed by atoms with Gasteiger partial charge in [0.25, 0.3) is 11.7 Å². The van der Waals surface area contributed by atoms with E-state index in [2.05, 4.69) is 0 Å². The second kappa shape index (κ2) is 5.82. The van der Waals surface area contributed by atoms with E-state index in [1.165, 1.54) is 0 Å². The summed E-state index contributed by atoms with van der Waals surface area (Å²) in [5, 5.41) is -0.248. The van der Waals surface area contributed by atoms with Crippen molar-refractivity contribution >= 4 is 36.0 Å². The van der Waals surface area contributed by atoms with Gasteiger partial charge in [0.05, 0.1) is 16.3 Å². The molecule has 1 aromatic carbocycles. The molecule has 96 valence electrons. The SMILES string of the molecule is O=C1C(=O)N(C[B-](F)(F)F)c2c(F)ccc(Cl)c21.[K+]. The summed E-state index contributed by atoms with van der Waals surface area (Å²) in [6, 6.07) is 1.83. The zero-order chi connectivity index (χ0) is 13.7. The summed E-state index contributed by atoms with van der Waals surface area (Å²) >= 11 is 5.60. The van der Waals surface area contributed by atoms with E-state index >= 15 is 0 Å². The molecule has 3 nitrogen and oxygen atoms in total. The van der Waals surface area contributed by atoms with Gasteiger partial charge in [-0.15, -0.1) is 0 Å². The quantitative estimate of drug-likeness (QED) is 0.415. The van der Waals surface area contributed by atoms with Gasteiger partial charge in [0.15, 0.2) is 0 Å². The van der Waals surface area contributed by atoms with Crippen LogP contribution in [0.25, 0.3) is 0 Å². The molecule has 1 heterocycles. The van der Waals surface area contributed by atoms with E-state index in [9.17, 15) is 26.9 Å². The number of ketones is 1. The summed E-state index contributed by atoms with van der Waals surface area (Å²) in [5.41, 5.74) is -1.21. The van der Waals surface area contributed by atoms with Crippen molar-refractivity contribution in [1.82, 2.24) is 0 Å². The molecule has 1 aliphatic rings. The maximum absolute atomic E-state index is 13.5. The van der Waals surface area contributed by atoms with Gasteiger partial charge >= 0.3 is 58.4 Å². The van der Waals surface area contributed by atoms with Crippen LogP contribution in [0.5, 0.6) is 0 Å². The molecule has 0 fully saturated rings. The minimum Gasteiger partial charge on any atom is -0.448 e. The van der Waals surface area contributed by atoms with Crippen LogP contribution in [0, 0.1) is 5.82 Å². The van der Waals surface area contributed by atoms with Crippen molar-refractivity contribution in [3.05, 3.63) is 28.5 Å². The molecule has 0 N–H and O–H groups in total. The van der Waals surface area contributed by atoms with Crippen LogP contribution in [0.4, 0.5) is 23.0 Å². The topological polar surface area (TPSA) is 37.4 Å². The molecular weight excluding hydrogens is 315 g/mol. The van der Waals surface area contributed by atoms with Crippen LogP contribution >= 0.6 is 11.6 Å². The molecule has 0 bridgehead atoms. The standard InChI is InChI=1S/C9H4BClF4NO2.K/c11-4-1-2-5(12)7-6(4)8(17)9(18)16(7)3-10(13,14)15;/h1-2H,3H2;/q-1;+1. The first-order valence-electron chi connectivity index (χ1n) is 4.77. The minimum atomic E-state index is -5.38. The van der Waals surface area contributed by atoms with Gasteiger partial charge in [-0.05, 0) is 18.6 Å². The molecule has 0 unspecified atom stereocenters. The minimum absolute atomic E-state index is 0. The normalized spacial score (nSPS) is 14.5. The first kappa shape index (κ1) is 17.1. The van der Waals surface area contributed by atoms with Crippen molar-refractivity contribution in [2.75, 3.05) is 11.3 Å². The van der Waals surface area contributed by atoms with Crippen molar-refractivity contribution in [1.29, 1.82) is 0 Å². The molecule has 0 saturated heterocycles. The van der Waals surface area contributed by atoms with Gasteiger partial charge in [0.2, 0.25) is 0 Å². The van der Waals surface area contributed by atoms with Crippen molar-refractivity contribution in [3.8, 4) is 0 Å². The number of nitrogens with zero attached hydrogens (tertiary/aromatic N) is 1. The molecule has 1 amide bonds. The predicted octanol–water partition coefficient (Wildman–Crippen LogP) is -0.601. The fraction of sp³-hybridized carbons (Fsp3) is 0.111. The smallest absolute Gasteiger partial charge is 0.448 e. The summed E-state index contributed by atoms with van der Waals surface area (Å²) in [4.78, 5) is 23.0. The van der Waals surface area contributed by atoms with Crippen molar-refractivity contribution in [2.24, 2.45) is 0 Å². The number of rotatable bonds is 2. The Hall–Kier alpha value is 0.0713. The molecule has 1 aliphatic heterocycles. The third-order valence-electron chi connectivity index (χ3n) is 2.40. The van der Waals surface area contributed by atoms with E-state index in [1.807, 2.05) is 0 Å². The van der Waals surface area contributed by atoms with E-state index in [-0.39, 0.29) is 61.3 Å². The number of carbonyl (C=O) groups excluding carboxylic acids is 2. The largest absolute Gasteiger partial charge is 1.00 e. The molecule has 10 heteroatoms. The number of benzene rings is 1. The molecule has 0 radical (unpaired) electrons. The summed E-state index contributed by atoms with van der Waals surface area (Å²) in [6.07, 6.45) is -1.67. The first-order valence-corrected chi connectivity index (χ1v) is 5.15. The van der Waals surface area contributed by atoms with E-state index in [0.717, 1.165) is 12.1 Å². The van der Waals surface area contributed by atoms with E-state index < -0.39 is 42.2 Å². The molecule has 0 spiro atoms. The fourth-order valence-electron chi connectivity index (χ4n) is 1.73. The van der Waals surface area contributed by atoms with Crippen LogP contribution in [0.1, 0.15) is 10.4 Å².